The van der Waals surface area contributed by atoms with Crippen molar-refractivity contribution in [2.75, 3.05) is 5.32 Å². The molecular weight excluding hydrogens is 302 g/mol. The van der Waals surface area contributed by atoms with Gasteiger partial charge in [0.15, 0.2) is 5.69 Å². The minimum absolute atomic E-state index is 0.145. The molecule has 0 aliphatic carbocycles. The summed E-state index contributed by atoms with van der Waals surface area (Å²) in [5.41, 5.74) is -0.00101. The van der Waals surface area contributed by atoms with Gasteiger partial charge in [-0.1, -0.05) is 22.7 Å². The van der Waals surface area contributed by atoms with Crippen molar-refractivity contribution in [3.05, 3.63) is 46.5 Å². The van der Waals surface area contributed by atoms with Crippen molar-refractivity contribution < 1.29 is 4.79 Å². The number of nitrogens with one attached hydrogen (secondary N) is 1. The summed E-state index contributed by atoms with van der Waals surface area (Å²) in [6.07, 6.45) is 1.46. The number of aromatic nitrogens is 4. The van der Waals surface area contributed by atoms with Crippen molar-refractivity contribution in [3.63, 3.8) is 0 Å². The van der Waals surface area contributed by atoms with Crippen LogP contribution in [-0.4, -0.2) is 25.3 Å². The molecule has 0 saturated carbocycles. The van der Waals surface area contributed by atoms with Crippen LogP contribution >= 0.6 is 11.5 Å². The molecule has 1 aromatic carbocycles. The summed E-state index contributed by atoms with van der Waals surface area (Å²) in [6.45, 7) is 3.69. The fourth-order valence-electron chi connectivity index (χ4n) is 2.12. The van der Waals surface area contributed by atoms with Gasteiger partial charge in [0.2, 0.25) is 0 Å². The van der Waals surface area contributed by atoms with Gasteiger partial charge in [0.05, 0.1) is 17.6 Å². The first kappa shape index (κ1) is 14.3. The molecule has 3 rings (SSSR count). The lowest BCUT2D eigenvalue weighted by Gasteiger charge is -2.12. The Hall–Kier alpha value is -2.61. The van der Waals surface area contributed by atoms with Crippen molar-refractivity contribution in [1.29, 1.82) is 0 Å². The highest BCUT2D eigenvalue weighted by atomic mass is 32.1. The molecule has 0 atom stereocenters. The minimum Gasteiger partial charge on any atom is -0.310 e. The largest absolute Gasteiger partial charge is 0.310 e. The molecule has 0 radical (unpaired) electrons. The molecule has 3 aromatic rings. The monoisotopic (exact) mass is 315 g/mol. The van der Waals surface area contributed by atoms with Gasteiger partial charge in [0.1, 0.15) is 5.00 Å². The molecule has 0 spiro atoms. The van der Waals surface area contributed by atoms with E-state index in [1.165, 1.54) is 10.9 Å². The van der Waals surface area contributed by atoms with E-state index < -0.39 is 5.91 Å². The normalized spacial score (nSPS) is 11.0. The highest BCUT2D eigenvalue weighted by Crippen LogP contribution is 2.17. The number of amides is 1. The Kier molecular flexibility index (Phi) is 3.68. The third-order valence-electron chi connectivity index (χ3n) is 3.13. The molecule has 0 aliphatic heterocycles. The molecule has 0 saturated heterocycles. The number of fused-ring (bicyclic) bond motifs is 1. The van der Waals surface area contributed by atoms with Gasteiger partial charge >= 0.3 is 0 Å². The van der Waals surface area contributed by atoms with E-state index in [4.69, 9.17) is 0 Å². The zero-order valence-electron chi connectivity index (χ0n) is 12.0. The lowest BCUT2D eigenvalue weighted by Crippen LogP contribution is -2.28. The van der Waals surface area contributed by atoms with Crippen LogP contribution in [-0.2, 0) is 0 Å². The summed E-state index contributed by atoms with van der Waals surface area (Å²) >= 11 is 1.08. The van der Waals surface area contributed by atoms with Gasteiger partial charge in [-0.05, 0) is 19.9 Å². The topological polar surface area (TPSA) is 89.8 Å². The van der Waals surface area contributed by atoms with Gasteiger partial charge < -0.3 is 5.32 Å². The summed E-state index contributed by atoms with van der Waals surface area (Å²) in [5, 5.41) is 12.1. The number of carbonyl (C=O) groups excluding carboxylic acids is 1. The van der Waals surface area contributed by atoms with Gasteiger partial charge in [-0.15, -0.1) is 5.10 Å². The van der Waals surface area contributed by atoms with E-state index in [1.54, 1.807) is 24.3 Å². The number of hydrogen-bond acceptors (Lipinski definition) is 6. The molecule has 22 heavy (non-hydrogen) atoms. The van der Waals surface area contributed by atoms with Gasteiger partial charge in [-0.3, -0.25) is 9.59 Å². The lowest BCUT2D eigenvalue weighted by atomic mass is 10.1. The lowest BCUT2D eigenvalue weighted by molar-refractivity contribution is 0.102. The van der Waals surface area contributed by atoms with E-state index >= 15 is 0 Å². The van der Waals surface area contributed by atoms with Crippen LogP contribution < -0.4 is 10.9 Å². The van der Waals surface area contributed by atoms with Crippen molar-refractivity contribution in [2.24, 2.45) is 0 Å². The average molecular weight is 315 g/mol. The quantitative estimate of drug-likeness (QED) is 0.799. The summed E-state index contributed by atoms with van der Waals surface area (Å²) in [7, 11) is 0. The second-order valence-corrected chi connectivity index (χ2v) is 5.76. The van der Waals surface area contributed by atoms with Crippen molar-refractivity contribution in [1.82, 2.24) is 19.4 Å². The van der Waals surface area contributed by atoms with E-state index in [9.17, 15) is 9.59 Å². The van der Waals surface area contributed by atoms with Gasteiger partial charge in [0, 0.05) is 16.9 Å². The molecule has 0 bridgehead atoms. The minimum atomic E-state index is -0.392. The first-order valence-electron chi connectivity index (χ1n) is 6.68. The molecule has 2 aromatic heterocycles. The summed E-state index contributed by atoms with van der Waals surface area (Å²) in [4.78, 5) is 24.9. The Morgan fingerprint density at radius 2 is 2.00 bits per heavy atom. The van der Waals surface area contributed by atoms with Gasteiger partial charge in [0.25, 0.3) is 11.5 Å². The maximum absolute atomic E-state index is 12.5. The molecule has 1 N–H and O–H groups in total. The number of hydrogen-bond donors (Lipinski definition) is 1. The second-order valence-electron chi connectivity index (χ2n) is 4.97. The SMILES string of the molecule is CC(C)n1nc(C(=O)Nc2cnns2)c2ccccc2c1=O. The third kappa shape index (κ3) is 2.48. The van der Waals surface area contributed by atoms with Gasteiger partial charge in [-0.2, -0.15) is 5.10 Å². The van der Waals surface area contributed by atoms with Crippen LogP contribution in [0.1, 0.15) is 30.4 Å². The fraction of sp³-hybridized carbons (Fsp3) is 0.214. The predicted molar refractivity (Wildman–Crippen MR) is 84.3 cm³/mol. The van der Waals surface area contributed by atoms with Crippen LogP contribution in [0.5, 0.6) is 0 Å². The molecule has 112 valence electrons. The number of benzene rings is 1. The summed E-state index contributed by atoms with van der Waals surface area (Å²) in [5.74, 6) is -0.392. The smallest absolute Gasteiger partial charge is 0.277 e. The molecule has 1 amide bonds. The van der Waals surface area contributed by atoms with Crippen LogP contribution in [0.25, 0.3) is 10.8 Å². The molecule has 0 fully saturated rings. The fourth-order valence-corrected chi connectivity index (χ4v) is 2.53. The van der Waals surface area contributed by atoms with Crippen LogP contribution in [0.15, 0.2) is 35.3 Å². The average Bonchev–Trinajstić information content (AvgIpc) is 3.00. The molecular formula is C14H13N5O2S. The van der Waals surface area contributed by atoms with Gasteiger partial charge in [-0.25, -0.2) is 4.68 Å². The van der Waals surface area contributed by atoms with Crippen LogP contribution in [0.2, 0.25) is 0 Å². The highest BCUT2D eigenvalue weighted by Gasteiger charge is 2.18. The number of carbonyl (C=O) groups is 1. The number of anilines is 1. The van der Waals surface area contributed by atoms with E-state index in [1.807, 2.05) is 13.8 Å². The Labute approximate surface area is 129 Å². The first-order chi connectivity index (χ1) is 10.6. The highest BCUT2D eigenvalue weighted by molar-refractivity contribution is 7.10. The van der Waals surface area contributed by atoms with E-state index in [-0.39, 0.29) is 17.3 Å². The maximum atomic E-state index is 12.5. The molecule has 0 unspecified atom stereocenters. The Balaban J connectivity index is 2.17. The maximum Gasteiger partial charge on any atom is 0.277 e. The zero-order chi connectivity index (χ0) is 15.7. The summed E-state index contributed by atoms with van der Waals surface area (Å²) in [6, 6.07) is 6.81. The van der Waals surface area contributed by atoms with E-state index in [0.717, 1.165) is 11.5 Å². The number of nitrogens with zero attached hydrogens (tertiary/aromatic N) is 4. The van der Waals surface area contributed by atoms with E-state index in [0.29, 0.717) is 15.8 Å². The predicted octanol–water partition coefficient (Wildman–Crippen LogP) is 2.08. The summed E-state index contributed by atoms with van der Waals surface area (Å²) < 4.78 is 5.01. The molecule has 7 nitrogen and oxygen atoms in total. The first-order valence-corrected chi connectivity index (χ1v) is 7.45. The Bertz CT molecular complexity index is 886. The second kappa shape index (κ2) is 5.64. The van der Waals surface area contributed by atoms with Crippen molar-refractivity contribution >= 4 is 33.2 Å². The standard InChI is InChI=1S/C14H13N5O2S/c1-8(2)19-14(21)10-6-4-3-5-9(10)12(17-19)13(20)16-11-7-15-18-22-11/h3-8H,1-2H3,(H,16,20). The number of rotatable bonds is 3. The molecule has 0 aliphatic rings. The van der Waals surface area contributed by atoms with Crippen molar-refractivity contribution in [3.8, 4) is 0 Å². The Morgan fingerprint density at radius 3 is 2.64 bits per heavy atom. The van der Waals surface area contributed by atoms with E-state index in [2.05, 4.69) is 20.0 Å². The van der Waals surface area contributed by atoms with Crippen LogP contribution in [0.4, 0.5) is 5.00 Å². The third-order valence-corrected chi connectivity index (χ3v) is 3.71. The van der Waals surface area contributed by atoms with Crippen molar-refractivity contribution in [2.45, 2.75) is 19.9 Å². The van der Waals surface area contributed by atoms with Crippen LogP contribution in [0, 0.1) is 0 Å². The molecule has 8 heteroatoms. The van der Waals surface area contributed by atoms with Crippen LogP contribution in [0.3, 0.4) is 0 Å². The zero-order valence-corrected chi connectivity index (χ0v) is 12.8. The Morgan fingerprint density at radius 1 is 1.27 bits per heavy atom. The molecule has 2 heterocycles.